The van der Waals surface area contributed by atoms with Crippen molar-refractivity contribution in [2.75, 3.05) is 13.2 Å². The van der Waals surface area contributed by atoms with E-state index in [9.17, 15) is 4.79 Å². The summed E-state index contributed by atoms with van der Waals surface area (Å²) in [6.45, 7) is 16.2. The second-order valence-electron chi connectivity index (χ2n) is 11.1. The summed E-state index contributed by atoms with van der Waals surface area (Å²) in [6.07, 6.45) is 3.68. The van der Waals surface area contributed by atoms with Crippen LogP contribution in [0.1, 0.15) is 74.9 Å². The Morgan fingerprint density at radius 3 is 2.67 bits per heavy atom. The number of fused-ring (bicyclic) bond motifs is 1. The lowest BCUT2D eigenvalue weighted by atomic mass is 9.82. The smallest absolute Gasteiger partial charge is 0.309 e. The van der Waals surface area contributed by atoms with Gasteiger partial charge < -0.3 is 9.47 Å². The van der Waals surface area contributed by atoms with Crippen molar-refractivity contribution in [3.63, 3.8) is 0 Å². The molecular weight excluding hydrogens is 488 g/mol. The normalized spacial score (nSPS) is 17.3. The van der Waals surface area contributed by atoms with Crippen LogP contribution in [0, 0.1) is 18.8 Å². The second-order valence-corrected chi connectivity index (χ2v) is 11.1. The first kappa shape index (κ1) is 28.8. The van der Waals surface area contributed by atoms with E-state index in [-0.39, 0.29) is 23.9 Å². The average molecular weight is 533 g/mol. The molecule has 1 aliphatic rings. The number of carbonyl (C=O) groups excluding carboxylic acids is 1. The zero-order chi connectivity index (χ0) is 27.9. The first-order valence-corrected chi connectivity index (χ1v) is 14.4. The molecule has 0 spiro atoms. The molecule has 0 saturated heterocycles. The van der Waals surface area contributed by atoms with Crippen LogP contribution in [0.5, 0.6) is 5.75 Å². The molecule has 4 rings (SSSR count). The Hall–Kier alpha value is -3.19. The van der Waals surface area contributed by atoms with Gasteiger partial charge in [-0.3, -0.25) is 14.4 Å². The highest BCUT2D eigenvalue weighted by Crippen LogP contribution is 2.33. The van der Waals surface area contributed by atoms with Crippen LogP contribution < -0.4 is 4.74 Å². The number of hydrogen-bond donors (Lipinski definition) is 0. The molecule has 2 aromatic carbocycles. The highest BCUT2D eigenvalue weighted by molar-refractivity contribution is 5.73. The SMILES string of the molecule is CCOC(=O)C(C)C(CCc1cn(CC)nn1)c1ccc(C)c(CN2Cc3ccccc3O[C@H](C(C)C)C2)c1. The van der Waals surface area contributed by atoms with Gasteiger partial charge in [0.05, 0.1) is 18.2 Å². The molecule has 7 heteroatoms. The summed E-state index contributed by atoms with van der Waals surface area (Å²) in [6, 6.07) is 15.1. The number of benzene rings is 2. The molecule has 2 heterocycles. The Morgan fingerprint density at radius 1 is 1.15 bits per heavy atom. The van der Waals surface area contributed by atoms with Gasteiger partial charge in [-0.05, 0) is 68.2 Å². The number of para-hydroxylation sites is 1. The molecule has 2 unspecified atom stereocenters. The van der Waals surface area contributed by atoms with Crippen LogP contribution in [-0.2, 0) is 35.6 Å². The van der Waals surface area contributed by atoms with Crippen LogP contribution >= 0.6 is 0 Å². The van der Waals surface area contributed by atoms with Crippen molar-refractivity contribution < 1.29 is 14.3 Å². The molecule has 1 aliphatic heterocycles. The molecule has 3 atom stereocenters. The van der Waals surface area contributed by atoms with Crippen LogP contribution in [0.25, 0.3) is 0 Å². The van der Waals surface area contributed by atoms with Gasteiger partial charge in [-0.2, -0.15) is 0 Å². The number of carbonyl (C=O) groups is 1. The predicted octanol–water partition coefficient (Wildman–Crippen LogP) is 5.94. The fraction of sp³-hybridized carbons (Fsp3) is 0.531. The minimum absolute atomic E-state index is 0.0202. The van der Waals surface area contributed by atoms with E-state index in [2.05, 4.69) is 79.3 Å². The molecule has 0 bridgehead atoms. The minimum atomic E-state index is -0.259. The molecule has 1 aromatic heterocycles. The van der Waals surface area contributed by atoms with Crippen LogP contribution in [0.2, 0.25) is 0 Å². The Kier molecular flexibility index (Phi) is 9.78. The van der Waals surface area contributed by atoms with Gasteiger partial charge in [0.15, 0.2) is 0 Å². The summed E-state index contributed by atoms with van der Waals surface area (Å²) in [5.41, 5.74) is 5.89. The van der Waals surface area contributed by atoms with Gasteiger partial charge >= 0.3 is 5.97 Å². The van der Waals surface area contributed by atoms with Gasteiger partial charge in [0.1, 0.15) is 11.9 Å². The van der Waals surface area contributed by atoms with Gasteiger partial charge in [0, 0.05) is 37.9 Å². The Labute approximate surface area is 233 Å². The first-order chi connectivity index (χ1) is 18.8. The fourth-order valence-electron chi connectivity index (χ4n) is 5.36. The van der Waals surface area contributed by atoms with Crippen LogP contribution in [0.4, 0.5) is 0 Å². The lowest BCUT2D eigenvalue weighted by molar-refractivity contribution is -0.148. The average Bonchev–Trinajstić information content (AvgIpc) is 3.30. The molecule has 0 aliphatic carbocycles. The number of hydrogen-bond acceptors (Lipinski definition) is 6. The highest BCUT2D eigenvalue weighted by atomic mass is 16.5. The third-order valence-electron chi connectivity index (χ3n) is 7.91. The summed E-state index contributed by atoms with van der Waals surface area (Å²) >= 11 is 0. The molecule has 0 amide bonds. The number of ether oxygens (including phenoxy) is 2. The Bertz CT molecular complexity index is 1240. The molecule has 0 N–H and O–H groups in total. The molecule has 0 saturated carbocycles. The molecule has 3 aromatic rings. The maximum atomic E-state index is 12.9. The van der Waals surface area contributed by atoms with Crippen molar-refractivity contribution in [3.8, 4) is 5.75 Å². The van der Waals surface area contributed by atoms with E-state index in [4.69, 9.17) is 9.47 Å². The minimum Gasteiger partial charge on any atom is -0.488 e. The van der Waals surface area contributed by atoms with E-state index >= 15 is 0 Å². The number of rotatable bonds is 11. The van der Waals surface area contributed by atoms with Crippen LogP contribution in [0.3, 0.4) is 0 Å². The summed E-state index contributed by atoms with van der Waals surface area (Å²) < 4.78 is 13.7. The van der Waals surface area contributed by atoms with Crippen molar-refractivity contribution in [1.29, 1.82) is 0 Å². The zero-order valence-corrected chi connectivity index (χ0v) is 24.4. The zero-order valence-electron chi connectivity index (χ0n) is 24.4. The Balaban J connectivity index is 1.59. The summed E-state index contributed by atoms with van der Waals surface area (Å²) in [5.74, 6) is 1.01. The van der Waals surface area contributed by atoms with Crippen molar-refractivity contribution in [2.24, 2.45) is 11.8 Å². The van der Waals surface area contributed by atoms with Crippen molar-refractivity contribution in [2.45, 2.75) is 86.0 Å². The number of aromatic nitrogens is 3. The molecule has 39 heavy (non-hydrogen) atoms. The van der Waals surface area contributed by atoms with Gasteiger partial charge in [-0.1, -0.05) is 62.4 Å². The van der Waals surface area contributed by atoms with E-state index in [1.54, 1.807) is 0 Å². The summed E-state index contributed by atoms with van der Waals surface area (Å²) in [5, 5.41) is 8.52. The monoisotopic (exact) mass is 532 g/mol. The lowest BCUT2D eigenvalue weighted by Crippen LogP contribution is -2.36. The molecule has 0 radical (unpaired) electrons. The quantitative estimate of drug-likeness (QED) is 0.285. The van der Waals surface area contributed by atoms with Gasteiger partial charge in [-0.25, -0.2) is 0 Å². The maximum Gasteiger partial charge on any atom is 0.309 e. The molecule has 7 nitrogen and oxygen atoms in total. The fourth-order valence-corrected chi connectivity index (χ4v) is 5.36. The summed E-state index contributed by atoms with van der Waals surface area (Å²) in [4.78, 5) is 15.4. The van der Waals surface area contributed by atoms with Crippen molar-refractivity contribution >= 4 is 5.97 Å². The van der Waals surface area contributed by atoms with Crippen LogP contribution in [0.15, 0.2) is 48.7 Å². The van der Waals surface area contributed by atoms with Gasteiger partial charge in [0.25, 0.3) is 0 Å². The van der Waals surface area contributed by atoms with Gasteiger partial charge in [-0.15, -0.1) is 5.10 Å². The van der Waals surface area contributed by atoms with Crippen LogP contribution in [-0.4, -0.2) is 45.1 Å². The lowest BCUT2D eigenvalue weighted by Gasteiger charge is -2.28. The standard InChI is InChI=1S/C32H44N4O3/c1-7-36-20-28(33-34-36)15-16-29(24(6)32(37)38-8-2)25-14-13-23(5)27(17-25)19-35-18-26-11-9-10-12-30(26)39-31(21-35)22(3)4/h9-14,17,20,22,24,29,31H,7-8,15-16,18-19,21H2,1-6H3/t24?,29?,31-/m0/s1. The van der Waals surface area contributed by atoms with E-state index in [0.717, 1.165) is 50.5 Å². The second kappa shape index (κ2) is 13.2. The topological polar surface area (TPSA) is 69.5 Å². The number of aryl methyl sites for hydroxylation is 3. The molecule has 210 valence electrons. The maximum absolute atomic E-state index is 12.9. The number of nitrogens with zero attached hydrogens (tertiary/aromatic N) is 4. The third kappa shape index (κ3) is 7.27. The first-order valence-electron chi connectivity index (χ1n) is 14.4. The third-order valence-corrected chi connectivity index (χ3v) is 7.91. The summed E-state index contributed by atoms with van der Waals surface area (Å²) in [7, 11) is 0. The van der Waals surface area contributed by atoms with E-state index in [0.29, 0.717) is 12.5 Å². The highest BCUT2D eigenvalue weighted by Gasteiger charge is 2.29. The van der Waals surface area contributed by atoms with E-state index in [1.807, 2.05) is 30.8 Å². The van der Waals surface area contributed by atoms with Crippen molar-refractivity contribution in [3.05, 3.63) is 76.6 Å². The van der Waals surface area contributed by atoms with Gasteiger partial charge in [0.2, 0.25) is 0 Å². The molecule has 0 fully saturated rings. The van der Waals surface area contributed by atoms with Crippen molar-refractivity contribution in [1.82, 2.24) is 19.9 Å². The molecular formula is C32H44N4O3. The largest absolute Gasteiger partial charge is 0.488 e. The Morgan fingerprint density at radius 2 is 1.95 bits per heavy atom. The van der Waals surface area contributed by atoms with E-state index in [1.165, 1.54) is 22.3 Å². The van der Waals surface area contributed by atoms with E-state index < -0.39 is 0 Å². The number of esters is 1. The predicted molar refractivity (Wildman–Crippen MR) is 154 cm³/mol.